The Morgan fingerprint density at radius 2 is 2.26 bits per heavy atom. The van der Waals surface area contributed by atoms with E-state index in [2.05, 4.69) is 28.0 Å². The highest BCUT2D eigenvalue weighted by Gasteiger charge is 2.26. The molecule has 2 heterocycles. The van der Waals surface area contributed by atoms with Crippen molar-refractivity contribution in [2.75, 3.05) is 18.5 Å². The van der Waals surface area contributed by atoms with E-state index in [1.54, 1.807) is 0 Å². The van der Waals surface area contributed by atoms with Crippen molar-refractivity contribution >= 4 is 17.3 Å². The Bertz CT molecular complexity index is 566. The van der Waals surface area contributed by atoms with Gasteiger partial charge in [-0.25, -0.2) is 5.43 Å². The molecule has 1 aromatic carbocycles. The van der Waals surface area contributed by atoms with Crippen LogP contribution >= 0.6 is 0 Å². The number of nitrogens with one attached hydrogen (secondary N) is 2. The first-order valence-electron chi connectivity index (χ1n) is 6.53. The van der Waals surface area contributed by atoms with Gasteiger partial charge in [0, 0.05) is 24.4 Å². The first kappa shape index (κ1) is 12.0. The molecule has 1 amide bonds. The largest absolute Gasteiger partial charge is 0.489 e. The summed E-state index contributed by atoms with van der Waals surface area (Å²) in [7, 11) is 0. The van der Waals surface area contributed by atoms with Gasteiger partial charge in [-0.1, -0.05) is 6.92 Å². The van der Waals surface area contributed by atoms with Crippen LogP contribution in [0.5, 0.6) is 5.75 Å². The van der Waals surface area contributed by atoms with Crippen molar-refractivity contribution in [2.45, 2.75) is 20.3 Å². The van der Waals surface area contributed by atoms with Crippen LogP contribution in [0.4, 0.5) is 5.69 Å². The lowest BCUT2D eigenvalue weighted by atomic mass is 9.92. The Hall–Kier alpha value is -2.04. The third kappa shape index (κ3) is 2.16. The minimum Gasteiger partial charge on any atom is -0.489 e. The van der Waals surface area contributed by atoms with Crippen LogP contribution in [0.1, 0.15) is 24.5 Å². The van der Waals surface area contributed by atoms with Crippen molar-refractivity contribution in [2.24, 2.45) is 11.0 Å². The Balaban J connectivity index is 2.09. The molecule has 0 saturated carbocycles. The second-order valence-corrected chi connectivity index (χ2v) is 5.10. The number of benzene rings is 1. The number of aryl methyl sites for hydroxylation is 1. The zero-order chi connectivity index (χ0) is 13.4. The minimum atomic E-state index is -0.0307. The summed E-state index contributed by atoms with van der Waals surface area (Å²) in [6, 6.07) is 4.14. The molecule has 0 radical (unpaired) electrons. The van der Waals surface area contributed by atoms with E-state index >= 15 is 0 Å². The van der Waals surface area contributed by atoms with Crippen LogP contribution in [0, 0.1) is 12.8 Å². The van der Waals surface area contributed by atoms with Gasteiger partial charge in [0.1, 0.15) is 6.61 Å². The molecular weight excluding hydrogens is 242 g/mol. The summed E-state index contributed by atoms with van der Waals surface area (Å²) in [5, 5.41) is 7.56. The van der Waals surface area contributed by atoms with Gasteiger partial charge in [0.2, 0.25) is 5.91 Å². The molecule has 1 atom stereocenters. The lowest BCUT2D eigenvalue weighted by Gasteiger charge is -2.26. The average molecular weight is 259 g/mol. The fraction of sp³-hybridized carbons (Fsp3) is 0.429. The van der Waals surface area contributed by atoms with Gasteiger partial charge in [0.05, 0.1) is 11.4 Å². The molecular formula is C14H17N3O2. The van der Waals surface area contributed by atoms with Crippen LogP contribution < -0.4 is 15.5 Å². The van der Waals surface area contributed by atoms with Gasteiger partial charge < -0.3 is 10.1 Å². The smallest absolute Gasteiger partial charge is 0.240 e. The number of anilines is 1. The molecule has 2 N–H and O–H groups in total. The summed E-state index contributed by atoms with van der Waals surface area (Å²) < 4.78 is 5.78. The standard InChI is InChI=1S/C14H17N3O2/c1-8-5-10(13-9(2)7-12(18)16-17-13)14-11(6-8)15-3-4-19-14/h5-6,9,15H,3-4,7H2,1-2H3,(H,16,18). The molecule has 5 nitrogen and oxygen atoms in total. The summed E-state index contributed by atoms with van der Waals surface area (Å²) in [5.74, 6) is 0.917. The van der Waals surface area contributed by atoms with Crippen molar-refractivity contribution in [1.82, 2.24) is 5.43 Å². The van der Waals surface area contributed by atoms with Crippen molar-refractivity contribution < 1.29 is 9.53 Å². The highest BCUT2D eigenvalue weighted by Crippen LogP contribution is 2.35. The van der Waals surface area contributed by atoms with Gasteiger partial charge in [-0.3, -0.25) is 4.79 Å². The van der Waals surface area contributed by atoms with Crippen molar-refractivity contribution in [3.63, 3.8) is 0 Å². The number of hydrogen-bond donors (Lipinski definition) is 2. The number of fused-ring (bicyclic) bond motifs is 1. The highest BCUT2D eigenvalue weighted by molar-refractivity contribution is 6.08. The van der Waals surface area contributed by atoms with Crippen molar-refractivity contribution in [3.8, 4) is 5.75 Å². The maximum Gasteiger partial charge on any atom is 0.240 e. The van der Waals surface area contributed by atoms with Gasteiger partial charge in [-0.15, -0.1) is 0 Å². The second kappa shape index (κ2) is 4.57. The monoisotopic (exact) mass is 259 g/mol. The molecule has 2 aliphatic rings. The predicted octanol–water partition coefficient (Wildman–Crippen LogP) is 1.66. The van der Waals surface area contributed by atoms with E-state index in [1.165, 1.54) is 0 Å². The lowest BCUT2D eigenvalue weighted by Crippen LogP contribution is -2.32. The zero-order valence-corrected chi connectivity index (χ0v) is 11.1. The minimum absolute atomic E-state index is 0.0307. The van der Waals surface area contributed by atoms with E-state index in [1.807, 2.05) is 13.8 Å². The van der Waals surface area contributed by atoms with Crippen LogP contribution in [0.2, 0.25) is 0 Å². The number of rotatable bonds is 1. The van der Waals surface area contributed by atoms with Gasteiger partial charge in [0.15, 0.2) is 5.75 Å². The van der Waals surface area contributed by atoms with E-state index in [9.17, 15) is 4.79 Å². The topological polar surface area (TPSA) is 62.7 Å². The SMILES string of the molecule is Cc1cc2c(c(C3=NNC(=O)CC3C)c1)OCCN2. The van der Waals surface area contributed by atoms with E-state index in [-0.39, 0.29) is 11.8 Å². The quantitative estimate of drug-likeness (QED) is 0.806. The molecule has 2 aliphatic heterocycles. The Labute approximate surface area is 112 Å². The molecule has 1 aromatic rings. The van der Waals surface area contributed by atoms with Crippen LogP contribution in [0.3, 0.4) is 0 Å². The molecule has 100 valence electrons. The van der Waals surface area contributed by atoms with E-state index in [0.717, 1.165) is 34.8 Å². The fourth-order valence-electron chi connectivity index (χ4n) is 2.57. The van der Waals surface area contributed by atoms with Gasteiger partial charge in [-0.05, 0) is 24.6 Å². The molecule has 0 aromatic heterocycles. The lowest BCUT2D eigenvalue weighted by molar-refractivity contribution is -0.121. The average Bonchev–Trinajstić information content (AvgIpc) is 2.38. The summed E-state index contributed by atoms with van der Waals surface area (Å²) in [4.78, 5) is 11.3. The first-order chi connectivity index (χ1) is 9.15. The highest BCUT2D eigenvalue weighted by atomic mass is 16.5. The molecule has 0 bridgehead atoms. The molecule has 3 rings (SSSR count). The van der Waals surface area contributed by atoms with Crippen molar-refractivity contribution in [3.05, 3.63) is 23.3 Å². The third-order valence-electron chi connectivity index (χ3n) is 3.43. The van der Waals surface area contributed by atoms with Gasteiger partial charge >= 0.3 is 0 Å². The summed E-state index contributed by atoms with van der Waals surface area (Å²) in [6.45, 7) is 5.53. The summed E-state index contributed by atoms with van der Waals surface area (Å²) in [6.07, 6.45) is 0.467. The normalized spacial score (nSPS) is 21.7. The van der Waals surface area contributed by atoms with Crippen molar-refractivity contribution in [1.29, 1.82) is 0 Å². The van der Waals surface area contributed by atoms with E-state index < -0.39 is 0 Å². The molecule has 19 heavy (non-hydrogen) atoms. The molecule has 5 heteroatoms. The Kier molecular flexibility index (Phi) is 2.89. The van der Waals surface area contributed by atoms with E-state index in [0.29, 0.717) is 13.0 Å². The summed E-state index contributed by atoms with van der Waals surface area (Å²) >= 11 is 0. The van der Waals surface area contributed by atoms with Crippen LogP contribution in [-0.4, -0.2) is 24.8 Å². The van der Waals surface area contributed by atoms with E-state index in [4.69, 9.17) is 4.74 Å². The number of carbonyl (C=O) groups excluding carboxylic acids is 1. The van der Waals surface area contributed by atoms with Crippen LogP contribution in [0.25, 0.3) is 0 Å². The molecule has 0 aliphatic carbocycles. The first-order valence-corrected chi connectivity index (χ1v) is 6.53. The number of carbonyl (C=O) groups is 1. The number of nitrogens with zero attached hydrogens (tertiary/aromatic N) is 1. The molecule has 0 saturated heterocycles. The number of amides is 1. The molecule has 0 spiro atoms. The zero-order valence-electron chi connectivity index (χ0n) is 11.1. The third-order valence-corrected chi connectivity index (χ3v) is 3.43. The second-order valence-electron chi connectivity index (χ2n) is 5.10. The fourth-order valence-corrected chi connectivity index (χ4v) is 2.57. The molecule has 1 unspecified atom stereocenters. The Morgan fingerprint density at radius 3 is 3.05 bits per heavy atom. The maximum absolute atomic E-state index is 11.3. The van der Waals surface area contributed by atoms with Gasteiger partial charge in [-0.2, -0.15) is 5.10 Å². The summed E-state index contributed by atoms with van der Waals surface area (Å²) in [5.41, 5.74) is 6.59. The van der Waals surface area contributed by atoms with Crippen LogP contribution in [0.15, 0.2) is 17.2 Å². The Morgan fingerprint density at radius 1 is 1.42 bits per heavy atom. The maximum atomic E-state index is 11.3. The number of ether oxygens (including phenoxy) is 1. The van der Waals surface area contributed by atoms with Crippen LogP contribution in [-0.2, 0) is 4.79 Å². The number of hydrogen-bond acceptors (Lipinski definition) is 4. The predicted molar refractivity (Wildman–Crippen MR) is 73.6 cm³/mol. The molecule has 0 fully saturated rings. The number of hydrazone groups is 1. The van der Waals surface area contributed by atoms with Gasteiger partial charge in [0.25, 0.3) is 0 Å².